The number of aromatic nitrogens is 2. The zero-order chi connectivity index (χ0) is 14.1. The van der Waals surface area contributed by atoms with E-state index in [4.69, 9.17) is 4.74 Å². The molecule has 2 aromatic rings. The second kappa shape index (κ2) is 5.34. The molecule has 3 heterocycles. The first-order chi connectivity index (χ1) is 9.63. The lowest BCUT2D eigenvalue weighted by Crippen LogP contribution is -2.40. The SMILES string of the molecule is Cc1cccn2c(=O)cc(CN3CCO[C@@H](C)C3)nc12. The third-order valence-electron chi connectivity index (χ3n) is 3.65. The van der Waals surface area contributed by atoms with Gasteiger partial charge in [-0.05, 0) is 25.5 Å². The Bertz CT molecular complexity index is 680. The summed E-state index contributed by atoms with van der Waals surface area (Å²) in [7, 11) is 0. The second-order valence-electron chi connectivity index (χ2n) is 5.39. The Kier molecular flexibility index (Phi) is 3.54. The van der Waals surface area contributed by atoms with E-state index in [-0.39, 0.29) is 11.7 Å². The van der Waals surface area contributed by atoms with Crippen molar-refractivity contribution in [3.05, 3.63) is 46.0 Å². The van der Waals surface area contributed by atoms with Crippen molar-refractivity contribution in [3.63, 3.8) is 0 Å². The largest absolute Gasteiger partial charge is 0.376 e. The van der Waals surface area contributed by atoms with Crippen LogP contribution in [0.3, 0.4) is 0 Å². The summed E-state index contributed by atoms with van der Waals surface area (Å²) in [5, 5.41) is 0. The van der Waals surface area contributed by atoms with Gasteiger partial charge in [0.15, 0.2) is 0 Å². The van der Waals surface area contributed by atoms with Gasteiger partial charge in [0, 0.05) is 31.9 Å². The average molecular weight is 273 g/mol. The summed E-state index contributed by atoms with van der Waals surface area (Å²) < 4.78 is 7.13. The minimum Gasteiger partial charge on any atom is -0.376 e. The number of nitrogens with zero attached hydrogens (tertiary/aromatic N) is 3. The van der Waals surface area contributed by atoms with Crippen LogP contribution in [-0.2, 0) is 11.3 Å². The van der Waals surface area contributed by atoms with Crippen molar-refractivity contribution < 1.29 is 4.74 Å². The summed E-state index contributed by atoms with van der Waals surface area (Å²) >= 11 is 0. The fraction of sp³-hybridized carbons (Fsp3) is 0.467. The van der Waals surface area contributed by atoms with Gasteiger partial charge < -0.3 is 4.74 Å². The lowest BCUT2D eigenvalue weighted by molar-refractivity contribution is -0.0215. The lowest BCUT2D eigenvalue weighted by atomic mass is 10.2. The summed E-state index contributed by atoms with van der Waals surface area (Å²) in [4.78, 5) is 19.1. The molecule has 1 fully saturated rings. The van der Waals surface area contributed by atoms with E-state index >= 15 is 0 Å². The van der Waals surface area contributed by atoms with Crippen LogP contribution in [0.5, 0.6) is 0 Å². The third-order valence-corrected chi connectivity index (χ3v) is 3.65. The van der Waals surface area contributed by atoms with Gasteiger partial charge in [0.25, 0.3) is 5.56 Å². The zero-order valence-electron chi connectivity index (χ0n) is 11.9. The summed E-state index contributed by atoms with van der Waals surface area (Å²) in [6.07, 6.45) is 2.00. The molecule has 5 nitrogen and oxygen atoms in total. The van der Waals surface area contributed by atoms with E-state index in [1.54, 1.807) is 16.7 Å². The molecule has 0 spiro atoms. The van der Waals surface area contributed by atoms with Crippen molar-refractivity contribution in [2.24, 2.45) is 0 Å². The molecular formula is C15H19N3O2. The predicted molar refractivity (Wildman–Crippen MR) is 76.9 cm³/mol. The van der Waals surface area contributed by atoms with Crippen LogP contribution in [0.15, 0.2) is 29.2 Å². The molecule has 0 radical (unpaired) electrons. The Balaban J connectivity index is 1.92. The second-order valence-corrected chi connectivity index (χ2v) is 5.39. The average Bonchev–Trinajstić information content (AvgIpc) is 2.40. The molecular weight excluding hydrogens is 254 g/mol. The maximum atomic E-state index is 12.1. The summed E-state index contributed by atoms with van der Waals surface area (Å²) in [5.41, 5.74) is 2.58. The van der Waals surface area contributed by atoms with E-state index < -0.39 is 0 Å². The Labute approximate surface area is 117 Å². The van der Waals surface area contributed by atoms with Crippen LogP contribution in [0.1, 0.15) is 18.2 Å². The molecule has 106 valence electrons. The van der Waals surface area contributed by atoms with Gasteiger partial charge in [0.1, 0.15) is 5.65 Å². The van der Waals surface area contributed by atoms with E-state index in [2.05, 4.69) is 16.8 Å². The molecule has 1 aliphatic rings. The maximum Gasteiger partial charge on any atom is 0.258 e. The summed E-state index contributed by atoms with van der Waals surface area (Å²) in [5.74, 6) is 0. The first kappa shape index (κ1) is 13.3. The molecule has 0 saturated carbocycles. The van der Waals surface area contributed by atoms with Crippen LogP contribution in [0, 0.1) is 6.92 Å². The highest BCUT2D eigenvalue weighted by atomic mass is 16.5. The first-order valence-electron chi connectivity index (χ1n) is 6.95. The van der Waals surface area contributed by atoms with Gasteiger partial charge in [-0.3, -0.25) is 14.1 Å². The van der Waals surface area contributed by atoms with Gasteiger partial charge in [-0.2, -0.15) is 0 Å². The van der Waals surface area contributed by atoms with Gasteiger partial charge in [0.05, 0.1) is 18.4 Å². The van der Waals surface area contributed by atoms with E-state index in [0.717, 1.165) is 36.6 Å². The minimum atomic E-state index is -0.0185. The highest BCUT2D eigenvalue weighted by molar-refractivity contribution is 5.46. The number of aryl methyl sites for hydroxylation is 1. The first-order valence-corrected chi connectivity index (χ1v) is 6.95. The van der Waals surface area contributed by atoms with Gasteiger partial charge in [-0.15, -0.1) is 0 Å². The van der Waals surface area contributed by atoms with Crippen LogP contribution < -0.4 is 5.56 Å². The van der Waals surface area contributed by atoms with Gasteiger partial charge in [0.2, 0.25) is 0 Å². The Hall–Kier alpha value is -1.72. The van der Waals surface area contributed by atoms with E-state index in [1.165, 1.54) is 0 Å². The monoisotopic (exact) mass is 273 g/mol. The molecule has 3 rings (SSSR count). The summed E-state index contributed by atoms with van der Waals surface area (Å²) in [6, 6.07) is 5.48. The van der Waals surface area contributed by atoms with E-state index in [9.17, 15) is 4.79 Å². The normalized spacial score (nSPS) is 20.4. The smallest absolute Gasteiger partial charge is 0.258 e. The number of hydrogen-bond donors (Lipinski definition) is 0. The number of ether oxygens (including phenoxy) is 1. The maximum absolute atomic E-state index is 12.1. The Morgan fingerprint density at radius 2 is 2.35 bits per heavy atom. The molecule has 1 atom stereocenters. The van der Waals surface area contributed by atoms with Crippen LogP contribution in [0.4, 0.5) is 0 Å². The molecule has 1 saturated heterocycles. The van der Waals surface area contributed by atoms with Crippen molar-refractivity contribution in [2.75, 3.05) is 19.7 Å². The van der Waals surface area contributed by atoms with E-state index in [0.29, 0.717) is 6.54 Å². The topological polar surface area (TPSA) is 46.8 Å². The van der Waals surface area contributed by atoms with Gasteiger partial charge in [-0.25, -0.2) is 4.98 Å². The Morgan fingerprint density at radius 1 is 1.50 bits per heavy atom. The number of hydrogen-bond acceptors (Lipinski definition) is 4. The van der Waals surface area contributed by atoms with Crippen LogP contribution in [-0.4, -0.2) is 40.1 Å². The minimum absolute atomic E-state index is 0.0185. The number of fused-ring (bicyclic) bond motifs is 1. The number of rotatable bonds is 2. The van der Waals surface area contributed by atoms with Crippen LogP contribution in [0.25, 0.3) is 5.65 Å². The molecule has 2 aromatic heterocycles. The molecule has 0 bridgehead atoms. The number of pyridine rings is 1. The number of morpholine rings is 1. The third kappa shape index (κ3) is 2.59. The highest BCUT2D eigenvalue weighted by Gasteiger charge is 2.17. The Morgan fingerprint density at radius 3 is 3.15 bits per heavy atom. The molecule has 0 amide bonds. The van der Waals surface area contributed by atoms with Crippen molar-refractivity contribution >= 4 is 5.65 Å². The van der Waals surface area contributed by atoms with E-state index in [1.807, 2.05) is 19.1 Å². The van der Waals surface area contributed by atoms with Crippen LogP contribution >= 0.6 is 0 Å². The standard InChI is InChI=1S/C15H19N3O2/c1-11-4-3-5-18-14(19)8-13(16-15(11)18)10-17-6-7-20-12(2)9-17/h3-5,8,12H,6-7,9-10H2,1-2H3/t12-/m0/s1. The van der Waals surface area contributed by atoms with Crippen molar-refractivity contribution in [2.45, 2.75) is 26.5 Å². The van der Waals surface area contributed by atoms with Crippen LogP contribution in [0.2, 0.25) is 0 Å². The molecule has 5 heteroatoms. The predicted octanol–water partition coefficient (Wildman–Crippen LogP) is 1.22. The van der Waals surface area contributed by atoms with Gasteiger partial charge in [-0.1, -0.05) is 6.07 Å². The molecule has 0 unspecified atom stereocenters. The molecule has 1 aliphatic heterocycles. The van der Waals surface area contributed by atoms with Crippen molar-refractivity contribution in [1.82, 2.24) is 14.3 Å². The molecule has 0 N–H and O–H groups in total. The fourth-order valence-electron chi connectivity index (χ4n) is 2.65. The fourth-order valence-corrected chi connectivity index (χ4v) is 2.65. The van der Waals surface area contributed by atoms with Crippen molar-refractivity contribution in [3.8, 4) is 0 Å². The molecule has 0 aromatic carbocycles. The van der Waals surface area contributed by atoms with Crippen molar-refractivity contribution in [1.29, 1.82) is 0 Å². The zero-order valence-corrected chi connectivity index (χ0v) is 11.9. The quantitative estimate of drug-likeness (QED) is 0.825. The summed E-state index contributed by atoms with van der Waals surface area (Å²) in [6.45, 7) is 7.26. The highest BCUT2D eigenvalue weighted by Crippen LogP contribution is 2.10. The molecule has 20 heavy (non-hydrogen) atoms. The lowest BCUT2D eigenvalue weighted by Gasteiger charge is -2.30. The van der Waals surface area contributed by atoms with Gasteiger partial charge >= 0.3 is 0 Å². The molecule has 0 aliphatic carbocycles.